The summed E-state index contributed by atoms with van der Waals surface area (Å²) in [6.45, 7) is 4.19. The van der Waals surface area contributed by atoms with Crippen LogP contribution in [0.4, 0.5) is 0 Å². The maximum Gasteiger partial charge on any atom is 0.303 e. The van der Waals surface area contributed by atoms with Crippen LogP contribution in [-0.4, -0.2) is 16.1 Å². The van der Waals surface area contributed by atoms with Crippen molar-refractivity contribution >= 4 is 16.9 Å². The molecule has 21 heavy (non-hydrogen) atoms. The van der Waals surface area contributed by atoms with Crippen LogP contribution in [0.15, 0.2) is 12.1 Å². The van der Waals surface area contributed by atoms with Crippen molar-refractivity contribution in [3.8, 4) is 0 Å². The maximum atomic E-state index is 11.0. The van der Waals surface area contributed by atoms with Gasteiger partial charge < -0.3 is 5.11 Å². The quantitative estimate of drug-likeness (QED) is 0.933. The van der Waals surface area contributed by atoms with Crippen LogP contribution in [0.25, 0.3) is 10.9 Å². The lowest BCUT2D eigenvalue weighted by Crippen LogP contribution is -2.11. The first-order valence-electron chi connectivity index (χ1n) is 7.69. The lowest BCUT2D eigenvalue weighted by Gasteiger charge is -2.21. The van der Waals surface area contributed by atoms with E-state index in [1.165, 1.54) is 40.8 Å². The molecule has 0 saturated carbocycles. The predicted octanol–water partition coefficient (Wildman–Crippen LogP) is 3.75. The molecule has 0 spiro atoms. The van der Waals surface area contributed by atoms with Crippen molar-refractivity contribution in [1.82, 2.24) is 4.98 Å². The fourth-order valence-corrected chi connectivity index (χ4v) is 3.49. The van der Waals surface area contributed by atoms with Crippen molar-refractivity contribution in [3.63, 3.8) is 0 Å². The Labute approximate surface area is 125 Å². The zero-order chi connectivity index (χ0) is 15.0. The van der Waals surface area contributed by atoms with Crippen LogP contribution in [0.2, 0.25) is 0 Å². The van der Waals surface area contributed by atoms with Gasteiger partial charge in [0.05, 0.1) is 5.52 Å². The molecule has 0 atom stereocenters. The monoisotopic (exact) mass is 283 g/mol. The Bertz CT molecular complexity index is 719. The number of aliphatic carboxylic acids is 1. The minimum atomic E-state index is -0.728. The molecule has 0 saturated heterocycles. The third-order valence-electron chi connectivity index (χ3n) is 4.41. The molecule has 3 rings (SSSR count). The highest BCUT2D eigenvalue weighted by Gasteiger charge is 2.19. The number of pyridine rings is 1. The lowest BCUT2D eigenvalue weighted by atomic mass is 9.87. The molecule has 110 valence electrons. The van der Waals surface area contributed by atoms with Crippen molar-refractivity contribution < 1.29 is 9.90 Å². The molecule has 1 aromatic heterocycles. The third-order valence-corrected chi connectivity index (χ3v) is 4.41. The van der Waals surface area contributed by atoms with Crippen molar-refractivity contribution in [3.05, 3.63) is 40.1 Å². The second-order valence-electron chi connectivity index (χ2n) is 6.09. The van der Waals surface area contributed by atoms with Gasteiger partial charge in [0.2, 0.25) is 0 Å². The fourth-order valence-electron chi connectivity index (χ4n) is 3.49. The number of aryl methyl sites for hydroxylation is 4. The highest BCUT2D eigenvalue weighted by molar-refractivity contribution is 5.87. The van der Waals surface area contributed by atoms with Gasteiger partial charge in [0.15, 0.2) is 0 Å². The summed E-state index contributed by atoms with van der Waals surface area (Å²) < 4.78 is 0. The van der Waals surface area contributed by atoms with Crippen LogP contribution in [-0.2, 0) is 24.1 Å². The number of nitrogens with zero attached hydrogens (tertiary/aromatic N) is 1. The zero-order valence-corrected chi connectivity index (χ0v) is 12.7. The number of fused-ring (bicyclic) bond motifs is 2. The van der Waals surface area contributed by atoms with Gasteiger partial charge in [-0.15, -0.1) is 0 Å². The Hall–Kier alpha value is -1.90. The summed E-state index contributed by atoms with van der Waals surface area (Å²) in [6.07, 6.45) is 5.25. The summed E-state index contributed by atoms with van der Waals surface area (Å²) >= 11 is 0. The normalized spacial score (nSPS) is 14.2. The minimum Gasteiger partial charge on any atom is -0.481 e. The summed E-state index contributed by atoms with van der Waals surface area (Å²) in [5.74, 6) is -0.728. The van der Waals surface area contributed by atoms with Crippen molar-refractivity contribution in [1.29, 1.82) is 0 Å². The molecule has 1 aromatic carbocycles. The van der Waals surface area contributed by atoms with Crippen molar-refractivity contribution in [2.75, 3.05) is 0 Å². The van der Waals surface area contributed by atoms with E-state index in [9.17, 15) is 4.79 Å². The second kappa shape index (κ2) is 5.47. The van der Waals surface area contributed by atoms with E-state index in [0.717, 1.165) is 23.7 Å². The Morgan fingerprint density at radius 1 is 1.24 bits per heavy atom. The lowest BCUT2D eigenvalue weighted by molar-refractivity contribution is -0.136. The Morgan fingerprint density at radius 3 is 2.76 bits per heavy atom. The van der Waals surface area contributed by atoms with E-state index in [1.807, 2.05) is 0 Å². The van der Waals surface area contributed by atoms with Crippen LogP contribution in [0.3, 0.4) is 0 Å². The molecule has 2 aromatic rings. The molecule has 1 aliphatic rings. The topological polar surface area (TPSA) is 50.2 Å². The molecule has 1 aliphatic carbocycles. The fraction of sp³-hybridized carbons (Fsp3) is 0.444. The van der Waals surface area contributed by atoms with Gasteiger partial charge in [0.1, 0.15) is 0 Å². The van der Waals surface area contributed by atoms with E-state index in [1.54, 1.807) is 0 Å². The van der Waals surface area contributed by atoms with Gasteiger partial charge in [-0.1, -0.05) is 11.6 Å². The van der Waals surface area contributed by atoms with Crippen LogP contribution in [0, 0.1) is 13.8 Å². The summed E-state index contributed by atoms with van der Waals surface area (Å²) in [7, 11) is 0. The number of benzene rings is 1. The first-order valence-corrected chi connectivity index (χ1v) is 7.69. The van der Waals surface area contributed by atoms with Gasteiger partial charge in [0, 0.05) is 17.5 Å². The Balaban J connectivity index is 2.25. The molecule has 0 bridgehead atoms. The van der Waals surface area contributed by atoms with Gasteiger partial charge in [-0.3, -0.25) is 9.78 Å². The summed E-state index contributed by atoms with van der Waals surface area (Å²) in [5, 5.41) is 10.2. The van der Waals surface area contributed by atoms with E-state index in [0.29, 0.717) is 6.42 Å². The molecule has 0 fully saturated rings. The highest BCUT2D eigenvalue weighted by Crippen LogP contribution is 2.32. The van der Waals surface area contributed by atoms with E-state index in [-0.39, 0.29) is 6.42 Å². The average molecular weight is 283 g/mol. The highest BCUT2D eigenvalue weighted by atomic mass is 16.4. The van der Waals surface area contributed by atoms with Gasteiger partial charge in [-0.05, 0) is 68.7 Å². The maximum absolute atomic E-state index is 11.0. The summed E-state index contributed by atoms with van der Waals surface area (Å²) in [4.78, 5) is 15.9. The Morgan fingerprint density at radius 2 is 2.00 bits per heavy atom. The number of aromatic nitrogens is 1. The van der Waals surface area contributed by atoms with E-state index in [2.05, 4.69) is 26.0 Å². The molecule has 3 heteroatoms. The van der Waals surface area contributed by atoms with Crippen molar-refractivity contribution in [2.45, 2.75) is 52.4 Å². The summed E-state index contributed by atoms with van der Waals surface area (Å²) in [5.41, 5.74) is 7.20. The van der Waals surface area contributed by atoms with Crippen LogP contribution in [0.5, 0.6) is 0 Å². The Kier molecular flexibility index (Phi) is 3.66. The van der Waals surface area contributed by atoms with Gasteiger partial charge in [-0.25, -0.2) is 0 Å². The molecule has 0 unspecified atom stereocenters. The molecular formula is C18H21NO2. The van der Waals surface area contributed by atoms with E-state index in [4.69, 9.17) is 10.1 Å². The number of carboxylic acids is 1. The summed E-state index contributed by atoms with van der Waals surface area (Å²) in [6, 6.07) is 4.33. The second-order valence-corrected chi connectivity index (χ2v) is 6.09. The molecule has 0 amide bonds. The van der Waals surface area contributed by atoms with Crippen LogP contribution < -0.4 is 0 Å². The molecule has 0 aliphatic heterocycles. The first-order chi connectivity index (χ1) is 10.1. The number of carbonyl (C=O) groups is 1. The SMILES string of the molecule is Cc1cc(C)c2nc3c(c(CCC(=O)O)c2c1)CCCC3. The minimum absolute atomic E-state index is 0.193. The molecule has 1 N–H and O–H groups in total. The van der Waals surface area contributed by atoms with Gasteiger partial charge >= 0.3 is 5.97 Å². The van der Waals surface area contributed by atoms with Crippen LogP contribution >= 0.6 is 0 Å². The molecule has 0 radical (unpaired) electrons. The largest absolute Gasteiger partial charge is 0.481 e. The molecular weight excluding hydrogens is 262 g/mol. The molecule has 1 heterocycles. The predicted molar refractivity (Wildman–Crippen MR) is 83.8 cm³/mol. The van der Waals surface area contributed by atoms with Gasteiger partial charge in [-0.2, -0.15) is 0 Å². The average Bonchev–Trinajstić information content (AvgIpc) is 2.44. The van der Waals surface area contributed by atoms with Crippen LogP contribution in [0.1, 0.15) is 47.2 Å². The first kappa shape index (κ1) is 14.1. The zero-order valence-electron chi connectivity index (χ0n) is 12.7. The number of hydrogen-bond acceptors (Lipinski definition) is 2. The van der Waals surface area contributed by atoms with Gasteiger partial charge in [0.25, 0.3) is 0 Å². The number of hydrogen-bond donors (Lipinski definition) is 1. The van der Waals surface area contributed by atoms with E-state index < -0.39 is 5.97 Å². The smallest absolute Gasteiger partial charge is 0.303 e. The molecule has 3 nitrogen and oxygen atoms in total. The number of carboxylic acid groups (broad SMARTS) is 1. The third kappa shape index (κ3) is 2.65. The van der Waals surface area contributed by atoms with Crippen molar-refractivity contribution in [2.24, 2.45) is 0 Å². The number of rotatable bonds is 3. The van der Waals surface area contributed by atoms with E-state index >= 15 is 0 Å². The standard InChI is InChI=1S/C18H21NO2/c1-11-9-12(2)18-15(10-11)13(7-8-17(20)21)14-5-3-4-6-16(14)19-18/h9-10H,3-8H2,1-2H3,(H,20,21).